The fraction of sp³-hybridized carbons (Fsp3) is 0.462. The van der Waals surface area contributed by atoms with Gasteiger partial charge in [-0.2, -0.15) is 0 Å². The first kappa shape index (κ1) is 15.0. The smallest absolute Gasteiger partial charge is 0.185 e. The summed E-state index contributed by atoms with van der Waals surface area (Å²) in [5.41, 5.74) is 0. The summed E-state index contributed by atoms with van der Waals surface area (Å²) in [7, 11) is 0. The van der Waals surface area contributed by atoms with Gasteiger partial charge in [-0.15, -0.1) is 22.7 Å². The van der Waals surface area contributed by atoms with E-state index in [1.54, 1.807) is 22.7 Å². The number of thiophene rings is 1. The van der Waals surface area contributed by atoms with Gasteiger partial charge in [-0.05, 0) is 35.8 Å². The molecule has 0 unspecified atom stereocenters. The monoisotopic (exact) mass is 359 g/mol. The van der Waals surface area contributed by atoms with Crippen molar-refractivity contribution in [3.8, 4) is 0 Å². The van der Waals surface area contributed by atoms with E-state index in [4.69, 9.17) is 0 Å². The molecule has 1 N–H and O–H groups in total. The van der Waals surface area contributed by atoms with Crippen molar-refractivity contribution in [3.63, 3.8) is 0 Å². The molecule has 2 aromatic rings. The molecular weight excluding hydrogens is 342 g/mol. The highest BCUT2D eigenvalue weighted by molar-refractivity contribution is 9.10. The molecule has 0 atom stereocenters. The van der Waals surface area contributed by atoms with Gasteiger partial charge in [0.1, 0.15) is 0 Å². The molecule has 0 amide bonds. The van der Waals surface area contributed by atoms with E-state index >= 15 is 0 Å². The normalized spacial score (nSPS) is 10.9. The lowest BCUT2D eigenvalue weighted by molar-refractivity contribution is 0.708. The van der Waals surface area contributed by atoms with E-state index in [2.05, 4.69) is 56.4 Å². The fourth-order valence-corrected chi connectivity index (χ4v) is 4.20. The van der Waals surface area contributed by atoms with Crippen molar-refractivity contribution in [1.29, 1.82) is 0 Å². The number of nitrogens with one attached hydrogen (secondary N) is 1. The van der Waals surface area contributed by atoms with Gasteiger partial charge in [-0.1, -0.05) is 0 Å². The summed E-state index contributed by atoms with van der Waals surface area (Å²) in [4.78, 5) is 9.41. The van der Waals surface area contributed by atoms with Crippen molar-refractivity contribution in [1.82, 2.24) is 10.3 Å². The van der Waals surface area contributed by atoms with E-state index in [1.165, 1.54) is 9.75 Å². The minimum absolute atomic E-state index is 0.883. The molecule has 3 nitrogen and oxygen atoms in total. The van der Waals surface area contributed by atoms with Gasteiger partial charge in [0.2, 0.25) is 0 Å². The molecule has 104 valence electrons. The van der Waals surface area contributed by atoms with E-state index in [-0.39, 0.29) is 0 Å². The summed E-state index contributed by atoms with van der Waals surface area (Å²) in [6, 6.07) is 2.16. The van der Waals surface area contributed by atoms with Gasteiger partial charge in [-0.3, -0.25) is 0 Å². The van der Waals surface area contributed by atoms with Crippen LogP contribution < -0.4 is 10.2 Å². The van der Waals surface area contributed by atoms with Gasteiger partial charge < -0.3 is 10.2 Å². The summed E-state index contributed by atoms with van der Waals surface area (Å²) in [5, 5.41) is 6.70. The van der Waals surface area contributed by atoms with Gasteiger partial charge in [0.15, 0.2) is 5.13 Å². The van der Waals surface area contributed by atoms with Crippen molar-refractivity contribution < 1.29 is 0 Å². The lowest BCUT2D eigenvalue weighted by Gasteiger charge is -2.16. The van der Waals surface area contributed by atoms with Crippen LogP contribution in [0.3, 0.4) is 0 Å². The second-order valence-electron chi connectivity index (χ2n) is 4.12. The Kier molecular flexibility index (Phi) is 5.81. The standard InChI is InChI=1S/C13H18BrN3S2/c1-3-17(4-2)13-16-8-12(19-13)7-15-6-11-5-10(14)9-18-11/h5,8-9,15H,3-4,6-7H2,1-2H3. The topological polar surface area (TPSA) is 28.2 Å². The maximum Gasteiger partial charge on any atom is 0.185 e. The average Bonchev–Trinajstić information content (AvgIpc) is 3.01. The van der Waals surface area contributed by atoms with Gasteiger partial charge in [-0.25, -0.2) is 4.98 Å². The molecule has 0 spiro atoms. The van der Waals surface area contributed by atoms with Crippen LogP contribution in [0.25, 0.3) is 0 Å². The number of rotatable bonds is 7. The first-order valence-corrected chi connectivity index (χ1v) is 8.85. The molecule has 0 saturated carbocycles. The third kappa shape index (κ3) is 4.27. The Morgan fingerprint density at radius 3 is 2.63 bits per heavy atom. The molecule has 0 aliphatic heterocycles. The molecular formula is C13H18BrN3S2. The van der Waals surface area contributed by atoms with Gasteiger partial charge >= 0.3 is 0 Å². The van der Waals surface area contributed by atoms with Crippen LogP contribution in [0.15, 0.2) is 22.1 Å². The van der Waals surface area contributed by atoms with Gasteiger partial charge in [0.25, 0.3) is 0 Å². The Morgan fingerprint density at radius 1 is 1.26 bits per heavy atom. The highest BCUT2D eigenvalue weighted by atomic mass is 79.9. The SMILES string of the molecule is CCN(CC)c1ncc(CNCc2cc(Br)cs2)s1. The fourth-order valence-electron chi connectivity index (χ4n) is 1.77. The van der Waals surface area contributed by atoms with Crippen molar-refractivity contribution >= 4 is 43.7 Å². The molecule has 0 fully saturated rings. The molecule has 0 saturated heterocycles. The van der Waals surface area contributed by atoms with Crippen LogP contribution >= 0.6 is 38.6 Å². The van der Waals surface area contributed by atoms with E-state index < -0.39 is 0 Å². The second-order valence-corrected chi connectivity index (χ2v) is 7.12. The molecule has 0 bridgehead atoms. The summed E-state index contributed by atoms with van der Waals surface area (Å²) in [5.74, 6) is 0. The van der Waals surface area contributed by atoms with Crippen LogP contribution in [0.4, 0.5) is 5.13 Å². The molecule has 19 heavy (non-hydrogen) atoms. The molecule has 0 aromatic carbocycles. The van der Waals surface area contributed by atoms with E-state index in [0.29, 0.717) is 0 Å². The number of hydrogen-bond acceptors (Lipinski definition) is 5. The molecule has 6 heteroatoms. The zero-order valence-electron chi connectivity index (χ0n) is 11.1. The lowest BCUT2D eigenvalue weighted by atomic mass is 10.4. The van der Waals surface area contributed by atoms with Crippen LogP contribution in [0.5, 0.6) is 0 Å². The average molecular weight is 360 g/mol. The molecule has 2 aromatic heterocycles. The molecule has 0 aliphatic carbocycles. The van der Waals surface area contributed by atoms with Crippen LogP contribution in [0, 0.1) is 0 Å². The Balaban J connectivity index is 1.83. The van der Waals surface area contributed by atoms with Crippen LogP contribution in [-0.4, -0.2) is 18.1 Å². The predicted molar refractivity (Wildman–Crippen MR) is 88.2 cm³/mol. The first-order chi connectivity index (χ1) is 9.22. The molecule has 0 radical (unpaired) electrons. The van der Waals surface area contributed by atoms with Gasteiger partial charge in [0, 0.05) is 52.0 Å². The molecule has 2 rings (SSSR count). The first-order valence-electron chi connectivity index (χ1n) is 6.36. The zero-order valence-corrected chi connectivity index (χ0v) is 14.4. The number of halogens is 1. The number of thiazole rings is 1. The van der Waals surface area contributed by atoms with Crippen LogP contribution in [-0.2, 0) is 13.1 Å². The summed E-state index contributed by atoms with van der Waals surface area (Å²) < 4.78 is 1.16. The Bertz CT molecular complexity index is 505. The van der Waals surface area contributed by atoms with Gasteiger partial charge in [0.05, 0.1) is 0 Å². The van der Waals surface area contributed by atoms with Crippen molar-refractivity contribution in [2.24, 2.45) is 0 Å². The summed E-state index contributed by atoms with van der Waals surface area (Å²) >= 11 is 7.02. The van der Waals surface area contributed by atoms with Crippen molar-refractivity contribution in [2.75, 3.05) is 18.0 Å². The Hall–Kier alpha value is -0.430. The van der Waals surface area contributed by atoms with Crippen molar-refractivity contribution in [2.45, 2.75) is 26.9 Å². The Labute approximate surface area is 130 Å². The highest BCUT2D eigenvalue weighted by Crippen LogP contribution is 2.23. The van der Waals surface area contributed by atoms with Crippen LogP contribution in [0.2, 0.25) is 0 Å². The summed E-state index contributed by atoms with van der Waals surface area (Å²) in [6.45, 7) is 8.15. The van der Waals surface area contributed by atoms with Crippen molar-refractivity contribution in [3.05, 3.63) is 31.9 Å². The maximum atomic E-state index is 4.49. The zero-order chi connectivity index (χ0) is 13.7. The number of nitrogens with zero attached hydrogens (tertiary/aromatic N) is 2. The number of hydrogen-bond donors (Lipinski definition) is 1. The minimum Gasteiger partial charge on any atom is -0.349 e. The second kappa shape index (κ2) is 7.38. The highest BCUT2D eigenvalue weighted by Gasteiger charge is 2.07. The van der Waals surface area contributed by atoms with E-state index in [9.17, 15) is 0 Å². The van der Waals surface area contributed by atoms with E-state index in [0.717, 1.165) is 35.8 Å². The minimum atomic E-state index is 0.883. The Morgan fingerprint density at radius 2 is 2.00 bits per heavy atom. The third-order valence-electron chi connectivity index (χ3n) is 2.80. The predicted octanol–water partition coefficient (Wildman–Crippen LogP) is 4.10. The quantitative estimate of drug-likeness (QED) is 0.806. The number of aromatic nitrogens is 1. The molecule has 0 aliphatic rings. The largest absolute Gasteiger partial charge is 0.349 e. The summed E-state index contributed by atoms with van der Waals surface area (Å²) in [6.07, 6.45) is 1.98. The third-order valence-corrected chi connectivity index (χ3v) is 5.55. The maximum absolute atomic E-state index is 4.49. The van der Waals surface area contributed by atoms with E-state index in [1.807, 2.05) is 6.20 Å². The molecule has 2 heterocycles. The number of anilines is 1. The lowest BCUT2D eigenvalue weighted by Crippen LogP contribution is -2.21. The van der Waals surface area contributed by atoms with Crippen LogP contribution in [0.1, 0.15) is 23.6 Å².